The Balaban J connectivity index is 2.39. The van der Waals surface area contributed by atoms with Crippen LogP contribution < -0.4 is 5.32 Å². The number of nitrogens with zero attached hydrogens (tertiary/aromatic N) is 2. The smallest absolute Gasteiger partial charge is 0.450 e. The van der Waals surface area contributed by atoms with Crippen molar-refractivity contribution in [1.29, 1.82) is 0 Å². The molecule has 2 aromatic rings. The first-order valence-corrected chi connectivity index (χ1v) is 4.88. The Labute approximate surface area is 98.9 Å². The maximum atomic E-state index is 12.6. The number of pyridine rings is 1. The van der Waals surface area contributed by atoms with Gasteiger partial charge < -0.3 is 10.4 Å². The van der Waals surface area contributed by atoms with E-state index in [0.717, 1.165) is 10.6 Å². The molecule has 2 rings (SSSR count). The molecule has 8 heteroatoms. The summed E-state index contributed by atoms with van der Waals surface area (Å²) in [6.07, 6.45) is -3.47. The number of alkyl halides is 3. The van der Waals surface area contributed by atoms with Crippen LogP contribution in [0.15, 0.2) is 24.5 Å². The minimum Gasteiger partial charge on any atom is -0.465 e. The molecule has 0 radical (unpaired) electrons. The first kappa shape index (κ1) is 12.2. The SMILES string of the molecule is O=C(O)NCc1ccc2cnc(C(F)(F)F)n2c1. The van der Waals surface area contributed by atoms with Gasteiger partial charge >= 0.3 is 12.3 Å². The second kappa shape index (κ2) is 4.21. The molecule has 0 fully saturated rings. The molecule has 1 amide bonds. The van der Waals surface area contributed by atoms with Gasteiger partial charge in [0.2, 0.25) is 5.82 Å². The van der Waals surface area contributed by atoms with Gasteiger partial charge in [0.1, 0.15) is 0 Å². The van der Waals surface area contributed by atoms with Crippen molar-refractivity contribution in [2.24, 2.45) is 0 Å². The number of hydrogen-bond donors (Lipinski definition) is 2. The highest BCUT2D eigenvalue weighted by molar-refractivity contribution is 5.64. The maximum Gasteiger partial charge on any atom is 0.450 e. The molecule has 2 heterocycles. The van der Waals surface area contributed by atoms with Gasteiger partial charge in [0.05, 0.1) is 11.7 Å². The molecular formula is C10H8F3N3O2. The van der Waals surface area contributed by atoms with Crippen molar-refractivity contribution < 1.29 is 23.1 Å². The van der Waals surface area contributed by atoms with Crippen molar-refractivity contribution in [3.63, 3.8) is 0 Å². The fourth-order valence-electron chi connectivity index (χ4n) is 1.53. The number of nitrogens with one attached hydrogen (secondary N) is 1. The lowest BCUT2D eigenvalue weighted by atomic mass is 10.2. The normalized spacial score (nSPS) is 11.7. The lowest BCUT2D eigenvalue weighted by Gasteiger charge is -2.07. The largest absolute Gasteiger partial charge is 0.465 e. The van der Waals surface area contributed by atoms with E-state index in [4.69, 9.17) is 5.11 Å². The van der Waals surface area contributed by atoms with Crippen molar-refractivity contribution in [3.8, 4) is 0 Å². The van der Waals surface area contributed by atoms with Gasteiger partial charge in [-0.25, -0.2) is 9.78 Å². The summed E-state index contributed by atoms with van der Waals surface area (Å²) in [5.74, 6) is -1.03. The number of hydrogen-bond acceptors (Lipinski definition) is 2. The molecule has 0 saturated carbocycles. The quantitative estimate of drug-likeness (QED) is 0.868. The zero-order valence-corrected chi connectivity index (χ0v) is 8.90. The number of aromatic nitrogens is 2. The predicted molar refractivity (Wildman–Crippen MR) is 55.1 cm³/mol. The number of carbonyl (C=O) groups is 1. The molecule has 0 bridgehead atoms. The van der Waals surface area contributed by atoms with Gasteiger partial charge in [0, 0.05) is 12.7 Å². The highest BCUT2D eigenvalue weighted by atomic mass is 19.4. The van der Waals surface area contributed by atoms with Crippen LogP contribution in [0.25, 0.3) is 5.52 Å². The Kier molecular flexibility index (Phi) is 2.85. The zero-order chi connectivity index (χ0) is 13.3. The Bertz CT molecular complexity index is 592. The lowest BCUT2D eigenvalue weighted by molar-refractivity contribution is -0.145. The van der Waals surface area contributed by atoms with E-state index in [1.807, 2.05) is 0 Å². The summed E-state index contributed by atoms with van der Waals surface area (Å²) in [7, 11) is 0. The molecule has 0 spiro atoms. The highest BCUT2D eigenvalue weighted by Gasteiger charge is 2.35. The third-order valence-corrected chi connectivity index (χ3v) is 2.29. The van der Waals surface area contributed by atoms with Gasteiger partial charge in [-0.15, -0.1) is 0 Å². The van der Waals surface area contributed by atoms with E-state index in [1.54, 1.807) is 0 Å². The van der Waals surface area contributed by atoms with Gasteiger partial charge in [-0.05, 0) is 11.6 Å². The minimum absolute atomic E-state index is 0.0687. The molecule has 0 atom stereocenters. The molecule has 96 valence electrons. The molecule has 0 unspecified atom stereocenters. The van der Waals surface area contributed by atoms with Crippen LogP contribution in [-0.4, -0.2) is 20.6 Å². The minimum atomic E-state index is -4.55. The van der Waals surface area contributed by atoms with Crippen LogP contribution in [0.1, 0.15) is 11.4 Å². The van der Waals surface area contributed by atoms with Crippen LogP contribution in [0.3, 0.4) is 0 Å². The van der Waals surface area contributed by atoms with E-state index in [1.165, 1.54) is 18.3 Å². The summed E-state index contributed by atoms with van der Waals surface area (Å²) in [5.41, 5.74) is 0.704. The number of amides is 1. The van der Waals surface area contributed by atoms with Crippen LogP contribution >= 0.6 is 0 Å². The van der Waals surface area contributed by atoms with Crippen molar-refractivity contribution in [3.05, 3.63) is 35.9 Å². The first-order chi connectivity index (χ1) is 8.38. The fourth-order valence-corrected chi connectivity index (χ4v) is 1.53. The summed E-state index contributed by atoms with van der Waals surface area (Å²) < 4.78 is 38.7. The van der Waals surface area contributed by atoms with Gasteiger partial charge in [-0.1, -0.05) is 6.07 Å². The molecular weight excluding hydrogens is 251 g/mol. The summed E-state index contributed by atoms with van der Waals surface area (Å²) in [6, 6.07) is 2.98. The molecule has 18 heavy (non-hydrogen) atoms. The highest BCUT2D eigenvalue weighted by Crippen LogP contribution is 2.28. The Morgan fingerprint density at radius 3 is 2.78 bits per heavy atom. The zero-order valence-electron chi connectivity index (χ0n) is 8.90. The monoisotopic (exact) mass is 259 g/mol. The third-order valence-electron chi connectivity index (χ3n) is 2.29. The van der Waals surface area contributed by atoms with Crippen LogP contribution in [0.5, 0.6) is 0 Å². The number of rotatable bonds is 2. The summed E-state index contributed by atoms with van der Waals surface area (Å²) in [4.78, 5) is 13.6. The summed E-state index contributed by atoms with van der Waals surface area (Å²) >= 11 is 0. The topological polar surface area (TPSA) is 66.6 Å². The van der Waals surface area contributed by atoms with E-state index < -0.39 is 18.1 Å². The van der Waals surface area contributed by atoms with E-state index in [2.05, 4.69) is 10.3 Å². The number of fused-ring (bicyclic) bond motifs is 1. The summed E-state index contributed by atoms with van der Waals surface area (Å²) in [6.45, 7) is -0.0687. The average Bonchev–Trinajstić information content (AvgIpc) is 2.68. The summed E-state index contributed by atoms with van der Waals surface area (Å²) in [5, 5.41) is 10.5. The fraction of sp³-hybridized carbons (Fsp3) is 0.200. The van der Waals surface area contributed by atoms with Crippen molar-refractivity contribution >= 4 is 11.6 Å². The molecule has 0 aliphatic carbocycles. The van der Waals surface area contributed by atoms with Crippen LogP contribution in [0.2, 0.25) is 0 Å². The van der Waals surface area contributed by atoms with Crippen LogP contribution in [-0.2, 0) is 12.7 Å². The van der Waals surface area contributed by atoms with Gasteiger partial charge in [-0.2, -0.15) is 13.2 Å². The third kappa shape index (κ3) is 2.36. The average molecular weight is 259 g/mol. The van der Waals surface area contributed by atoms with Crippen molar-refractivity contribution in [2.45, 2.75) is 12.7 Å². The Hall–Kier alpha value is -2.25. The molecule has 2 aromatic heterocycles. The van der Waals surface area contributed by atoms with Gasteiger partial charge in [0.15, 0.2) is 0 Å². The molecule has 0 aliphatic heterocycles. The molecule has 2 N–H and O–H groups in total. The van der Waals surface area contributed by atoms with Gasteiger partial charge in [0.25, 0.3) is 0 Å². The second-order valence-corrected chi connectivity index (χ2v) is 3.57. The number of carboxylic acid groups (broad SMARTS) is 1. The maximum absolute atomic E-state index is 12.6. The second-order valence-electron chi connectivity index (χ2n) is 3.57. The molecule has 5 nitrogen and oxygen atoms in total. The first-order valence-electron chi connectivity index (χ1n) is 4.88. The van der Waals surface area contributed by atoms with Crippen LogP contribution in [0.4, 0.5) is 18.0 Å². The lowest BCUT2D eigenvalue weighted by Crippen LogP contribution is -2.20. The van der Waals surface area contributed by atoms with E-state index in [-0.39, 0.29) is 6.54 Å². The molecule has 0 aromatic carbocycles. The molecule has 0 saturated heterocycles. The van der Waals surface area contributed by atoms with E-state index in [0.29, 0.717) is 11.1 Å². The number of halogens is 3. The Morgan fingerprint density at radius 1 is 1.44 bits per heavy atom. The van der Waals surface area contributed by atoms with Crippen LogP contribution in [0, 0.1) is 0 Å². The number of imidazole rings is 1. The predicted octanol–water partition coefficient (Wildman–Crippen LogP) is 2.12. The molecule has 0 aliphatic rings. The standard InChI is InChI=1S/C10H8F3N3O2/c11-10(12,13)8-14-4-7-2-1-6(5-16(7)8)3-15-9(17)18/h1-2,4-5,15H,3H2,(H,17,18). The van der Waals surface area contributed by atoms with Crippen molar-refractivity contribution in [1.82, 2.24) is 14.7 Å². The van der Waals surface area contributed by atoms with Gasteiger partial charge in [-0.3, -0.25) is 4.40 Å². The van der Waals surface area contributed by atoms with E-state index >= 15 is 0 Å². The van der Waals surface area contributed by atoms with Crippen molar-refractivity contribution in [2.75, 3.05) is 0 Å². The Morgan fingerprint density at radius 2 is 2.17 bits per heavy atom. The van der Waals surface area contributed by atoms with E-state index in [9.17, 15) is 18.0 Å².